The molecule has 1 aromatic rings. The van der Waals surface area contributed by atoms with E-state index < -0.39 is 4.92 Å². The van der Waals surface area contributed by atoms with E-state index in [0.29, 0.717) is 12.0 Å². The van der Waals surface area contributed by atoms with Gasteiger partial charge in [-0.25, -0.2) is 0 Å². The number of ketones is 1. The Morgan fingerprint density at radius 3 is 2.52 bits per heavy atom. The van der Waals surface area contributed by atoms with Crippen LogP contribution in [0.4, 0.5) is 5.69 Å². The molecule has 0 aromatic heterocycles. The van der Waals surface area contributed by atoms with E-state index in [1.807, 2.05) is 0 Å². The Hall–Kier alpha value is -1.79. The second kappa shape index (κ2) is 6.76. The van der Waals surface area contributed by atoms with Crippen molar-refractivity contribution in [2.75, 3.05) is 45.8 Å². The van der Waals surface area contributed by atoms with Gasteiger partial charge in [-0.15, -0.1) is 0 Å². The number of hydrogen-bond acceptors (Lipinski definition) is 4. The molecule has 2 saturated heterocycles. The number of nitro benzene ring substituents is 1. The maximum absolute atomic E-state index is 12.3. The normalized spacial score (nSPS) is 20.7. The molecule has 1 spiro atoms. The van der Waals surface area contributed by atoms with Crippen LogP contribution in [0.5, 0.6) is 0 Å². The molecule has 2 aliphatic rings. The van der Waals surface area contributed by atoms with E-state index in [9.17, 15) is 14.9 Å². The summed E-state index contributed by atoms with van der Waals surface area (Å²) < 4.78 is 1.27. The molecule has 2 heterocycles. The number of non-ortho nitro benzene ring substituents is 1. The maximum atomic E-state index is 12.3. The summed E-state index contributed by atoms with van der Waals surface area (Å²) >= 11 is 0. The van der Waals surface area contributed by atoms with E-state index in [-0.39, 0.29) is 11.5 Å². The van der Waals surface area contributed by atoms with Crippen molar-refractivity contribution in [2.24, 2.45) is 0 Å². The molecule has 0 bridgehead atoms. The Kier molecular flexibility index (Phi) is 4.73. The van der Waals surface area contributed by atoms with Crippen LogP contribution in [0.3, 0.4) is 0 Å². The molecule has 0 amide bonds. The second-order valence-corrected chi connectivity index (χ2v) is 6.77. The van der Waals surface area contributed by atoms with E-state index in [1.54, 1.807) is 12.1 Å². The van der Waals surface area contributed by atoms with E-state index in [1.165, 1.54) is 55.6 Å². The Morgan fingerprint density at radius 1 is 1.17 bits per heavy atom. The Morgan fingerprint density at radius 2 is 1.87 bits per heavy atom. The lowest BCUT2D eigenvalue weighted by Gasteiger charge is -2.42. The topological polar surface area (TPSA) is 63.5 Å². The molecule has 0 atom stereocenters. The predicted molar refractivity (Wildman–Crippen MR) is 87.4 cm³/mol. The van der Waals surface area contributed by atoms with Gasteiger partial charge in [-0.2, -0.15) is 0 Å². The minimum atomic E-state index is -0.458. The van der Waals surface area contributed by atoms with Gasteiger partial charge in [-0.05, 0) is 0 Å². The number of piperazine rings is 1. The Balaban J connectivity index is 1.50. The molecule has 124 valence electrons. The van der Waals surface area contributed by atoms with Crippen LogP contribution in [-0.2, 0) is 0 Å². The molecule has 6 heteroatoms. The number of nitrogens with zero attached hydrogens (tertiary/aromatic N) is 3. The molecular formula is C17H24N3O3+. The minimum Gasteiger partial charge on any atom is -0.321 e. The van der Waals surface area contributed by atoms with Gasteiger partial charge in [0.15, 0.2) is 5.78 Å². The van der Waals surface area contributed by atoms with Crippen LogP contribution in [0.2, 0.25) is 0 Å². The summed E-state index contributed by atoms with van der Waals surface area (Å²) in [5.41, 5.74) is 0.425. The van der Waals surface area contributed by atoms with Gasteiger partial charge in [0.2, 0.25) is 0 Å². The van der Waals surface area contributed by atoms with Gasteiger partial charge in [0, 0.05) is 56.6 Å². The fourth-order valence-corrected chi connectivity index (χ4v) is 3.80. The molecule has 3 rings (SSSR count). The van der Waals surface area contributed by atoms with E-state index >= 15 is 0 Å². The number of carbonyl (C=O) groups excluding carboxylic acids is 1. The van der Waals surface area contributed by atoms with Crippen LogP contribution in [-0.4, -0.2) is 65.9 Å². The van der Waals surface area contributed by atoms with Gasteiger partial charge < -0.3 is 4.48 Å². The number of benzene rings is 1. The molecule has 0 radical (unpaired) electrons. The number of quaternary nitrogens is 1. The highest BCUT2D eigenvalue weighted by Gasteiger charge is 2.35. The molecule has 0 unspecified atom stereocenters. The van der Waals surface area contributed by atoms with Gasteiger partial charge in [-0.1, -0.05) is 12.1 Å². The number of carbonyl (C=O) groups is 1. The van der Waals surface area contributed by atoms with Crippen molar-refractivity contribution in [1.82, 2.24) is 4.90 Å². The average Bonchev–Trinajstić information content (AvgIpc) is 3.02. The standard InChI is InChI=1S/C17H24N3O3/c21-17(15-4-3-5-16(14-15)19(22)23)6-7-18-8-12-20(13-9-18)10-1-2-11-20/h3-5,14H,1-2,6-13H2/q+1. The zero-order valence-corrected chi connectivity index (χ0v) is 13.4. The van der Waals surface area contributed by atoms with Crippen molar-refractivity contribution in [2.45, 2.75) is 19.3 Å². The molecule has 23 heavy (non-hydrogen) atoms. The zero-order valence-electron chi connectivity index (χ0n) is 13.4. The van der Waals surface area contributed by atoms with E-state index in [0.717, 1.165) is 19.6 Å². The van der Waals surface area contributed by atoms with Crippen molar-refractivity contribution >= 4 is 11.5 Å². The van der Waals surface area contributed by atoms with Crippen LogP contribution in [0.15, 0.2) is 24.3 Å². The predicted octanol–water partition coefficient (Wildman–Crippen LogP) is 2.09. The summed E-state index contributed by atoms with van der Waals surface area (Å²) in [6.07, 6.45) is 3.14. The zero-order chi connectivity index (χ0) is 16.3. The molecule has 2 aliphatic heterocycles. The lowest BCUT2D eigenvalue weighted by Crippen LogP contribution is -2.58. The van der Waals surface area contributed by atoms with Crippen LogP contribution in [0.1, 0.15) is 29.6 Å². The Bertz CT molecular complexity index is 587. The van der Waals surface area contributed by atoms with Gasteiger partial charge >= 0.3 is 0 Å². The van der Waals surface area contributed by atoms with Crippen molar-refractivity contribution in [1.29, 1.82) is 0 Å². The van der Waals surface area contributed by atoms with E-state index in [4.69, 9.17) is 0 Å². The first-order valence-electron chi connectivity index (χ1n) is 8.43. The van der Waals surface area contributed by atoms with Gasteiger partial charge in [0.25, 0.3) is 5.69 Å². The highest BCUT2D eigenvalue weighted by Crippen LogP contribution is 2.22. The van der Waals surface area contributed by atoms with Crippen LogP contribution >= 0.6 is 0 Å². The van der Waals surface area contributed by atoms with Crippen molar-refractivity contribution in [3.05, 3.63) is 39.9 Å². The highest BCUT2D eigenvalue weighted by atomic mass is 16.6. The first-order chi connectivity index (χ1) is 11.1. The summed E-state index contributed by atoms with van der Waals surface area (Å²) in [6.45, 7) is 7.91. The first-order valence-corrected chi connectivity index (χ1v) is 8.43. The first kappa shape index (κ1) is 16.1. The molecule has 1 aromatic carbocycles. The second-order valence-electron chi connectivity index (χ2n) is 6.77. The third-order valence-corrected chi connectivity index (χ3v) is 5.33. The van der Waals surface area contributed by atoms with Crippen LogP contribution in [0.25, 0.3) is 0 Å². The monoisotopic (exact) mass is 318 g/mol. The summed E-state index contributed by atoms with van der Waals surface area (Å²) in [4.78, 5) is 24.9. The van der Waals surface area contributed by atoms with Gasteiger partial charge in [0.05, 0.1) is 31.1 Å². The quantitative estimate of drug-likeness (QED) is 0.361. The SMILES string of the molecule is O=C(CCN1CC[N+]2(CCCC2)CC1)c1cccc([N+](=O)[O-])c1. The molecule has 0 aliphatic carbocycles. The van der Waals surface area contributed by atoms with Gasteiger partial charge in [0.1, 0.15) is 0 Å². The molecule has 6 nitrogen and oxygen atoms in total. The minimum absolute atomic E-state index is 0.00987. The molecule has 0 N–H and O–H groups in total. The number of Topliss-reactive ketones (excluding diaryl/α,β-unsaturated/α-hetero) is 1. The smallest absolute Gasteiger partial charge is 0.270 e. The summed E-state index contributed by atoms with van der Waals surface area (Å²) in [5.74, 6) is -0.00987. The highest BCUT2D eigenvalue weighted by molar-refractivity contribution is 5.96. The summed E-state index contributed by atoms with van der Waals surface area (Å²) in [5, 5.41) is 10.8. The number of hydrogen-bond donors (Lipinski definition) is 0. The lowest BCUT2D eigenvalue weighted by atomic mass is 10.1. The summed E-state index contributed by atoms with van der Waals surface area (Å²) in [7, 11) is 0. The molecular weight excluding hydrogens is 294 g/mol. The van der Waals surface area contributed by atoms with Crippen LogP contribution in [0, 0.1) is 10.1 Å². The third-order valence-electron chi connectivity index (χ3n) is 5.33. The lowest BCUT2D eigenvalue weighted by molar-refractivity contribution is -0.920. The Labute approximate surface area is 136 Å². The number of rotatable bonds is 5. The maximum Gasteiger partial charge on any atom is 0.270 e. The largest absolute Gasteiger partial charge is 0.321 e. The van der Waals surface area contributed by atoms with Crippen molar-refractivity contribution in [3.8, 4) is 0 Å². The average molecular weight is 318 g/mol. The fourth-order valence-electron chi connectivity index (χ4n) is 3.80. The van der Waals surface area contributed by atoms with E-state index in [2.05, 4.69) is 4.90 Å². The number of nitro groups is 1. The van der Waals surface area contributed by atoms with Gasteiger partial charge in [-0.3, -0.25) is 19.8 Å². The molecule has 0 saturated carbocycles. The summed E-state index contributed by atoms with van der Waals surface area (Å²) in [6, 6.07) is 6.03. The third kappa shape index (κ3) is 3.76. The van der Waals surface area contributed by atoms with Crippen molar-refractivity contribution in [3.63, 3.8) is 0 Å². The fraction of sp³-hybridized carbons (Fsp3) is 0.588. The van der Waals surface area contributed by atoms with Crippen LogP contribution < -0.4 is 0 Å². The van der Waals surface area contributed by atoms with Crippen molar-refractivity contribution < 1.29 is 14.2 Å². The molecule has 2 fully saturated rings.